The van der Waals surface area contributed by atoms with Crippen molar-refractivity contribution in [2.75, 3.05) is 38.1 Å². The Labute approximate surface area is 131 Å². The van der Waals surface area contributed by atoms with Gasteiger partial charge in [0.05, 0.1) is 6.61 Å². The largest absolute Gasteiger partial charge is 0.463 e. The Morgan fingerprint density at radius 3 is 2.67 bits per heavy atom. The number of ether oxygens (including phenoxy) is 1. The van der Waals surface area contributed by atoms with Crippen LogP contribution in [0.2, 0.25) is 5.28 Å². The van der Waals surface area contributed by atoms with E-state index in [0.29, 0.717) is 24.5 Å². The van der Waals surface area contributed by atoms with Gasteiger partial charge in [0.15, 0.2) is 0 Å². The second kappa shape index (κ2) is 8.34. The molecule has 0 unspecified atom stereocenters. The van der Waals surface area contributed by atoms with Crippen molar-refractivity contribution >= 4 is 17.5 Å². The van der Waals surface area contributed by atoms with E-state index < -0.39 is 0 Å². The van der Waals surface area contributed by atoms with Crippen LogP contribution in [0.1, 0.15) is 33.1 Å². The Bertz CT molecular complexity index is 437. The Morgan fingerprint density at radius 2 is 2.00 bits per heavy atom. The fraction of sp³-hybridized carbons (Fsp3) is 0.786. The molecule has 118 valence electrons. The smallest absolute Gasteiger partial charge is 0.322 e. The molecular weight excluding hydrogens is 290 g/mol. The number of anilines is 1. The SMILES string of the molecule is CCCOc1nc(Cl)nc(NCC2CCN(CC)CC2)n1. The highest BCUT2D eigenvalue weighted by molar-refractivity contribution is 6.28. The number of aromatic nitrogens is 3. The van der Waals surface area contributed by atoms with Crippen molar-refractivity contribution < 1.29 is 4.74 Å². The van der Waals surface area contributed by atoms with E-state index >= 15 is 0 Å². The van der Waals surface area contributed by atoms with Crippen molar-refractivity contribution in [3.63, 3.8) is 0 Å². The Balaban J connectivity index is 1.84. The number of piperidine rings is 1. The third kappa shape index (κ3) is 5.28. The maximum atomic E-state index is 5.90. The van der Waals surface area contributed by atoms with Gasteiger partial charge >= 0.3 is 6.01 Å². The first-order valence-electron chi connectivity index (χ1n) is 7.71. The van der Waals surface area contributed by atoms with E-state index in [4.69, 9.17) is 16.3 Å². The summed E-state index contributed by atoms with van der Waals surface area (Å²) in [7, 11) is 0. The first kappa shape index (κ1) is 16.2. The molecule has 1 saturated heterocycles. The van der Waals surface area contributed by atoms with Crippen molar-refractivity contribution in [1.29, 1.82) is 0 Å². The summed E-state index contributed by atoms with van der Waals surface area (Å²) < 4.78 is 5.40. The van der Waals surface area contributed by atoms with Gasteiger partial charge in [0.25, 0.3) is 0 Å². The molecule has 7 heteroatoms. The predicted octanol–water partition coefficient (Wildman–Crippen LogP) is 2.46. The van der Waals surface area contributed by atoms with Gasteiger partial charge in [-0.15, -0.1) is 0 Å². The minimum Gasteiger partial charge on any atom is -0.463 e. The van der Waals surface area contributed by atoms with Crippen LogP contribution in [-0.2, 0) is 0 Å². The summed E-state index contributed by atoms with van der Waals surface area (Å²) in [6.45, 7) is 9.17. The summed E-state index contributed by atoms with van der Waals surface area (Å²) in [5.74, 6) is 1.15. The van der Waals surface area contributed by atoms with Crippen molar-refractivity contribution in [2.24, 2.45) is 5.92 Å². The zero-order valence-electron chi connectivity index (χ0n) is 12.8. The molecule has 0 radical (unpaired) electrons. The number of halogens is 1. The lowest BCUT2D eigenvalue weighted by Crippen LogP contribution is -2.35. The van der Waals surface area contributed by atoms with E-state index in [-0.39, 0.29) is 5.28 Å². The van der Waals surface area contributed by atoms with Gasteiger partial charge < -0.3 is 15.0 Å². The van der Waals surface area contributed by atoms with Crippen LogP contribution in [-0.4, -0.2) is 52.6 Å². The molecule has 0 spiro atoms. The Hall–Kier alpha value is -1.14. The molecule has 1 aliphatic rings. The zero-order valence-corrected chi connectivity index (χ0v) is 13.6. The molecule has 6 nitrogen and oxygen atoms in total. The molecule has 0 amide bonds. The highest BCUT2D eigenvalue weighted by Gasteiger charge is 2.18. The van der Waals surface area contributed by atoms with E-state index in [2.05, 4.69) is 32.1 Å². The molecule has 1 N–H and O–H groups in total. The molecule has 1 aromatic rings. The molecule has 1 aliphatic heterocycles. The van der Waals surface area contributed by atoms with E-state index in [1.807, 2.05) is 6.92 Å². The first-order chi connectivity index (χ1) is 10.2. The number of hydrogen-bond acceptors (Lipinski definition) is 6. The van der Waals surface area contributed by atoms with Crippen LogP contribution in [0.3, 0.4) is 0 Å². The normalized spacial score (nSPS) is 16.9. The van der Waals surface area contributed by atoms with Crippen LogP contribution in [0, 0.1) is 5.92 Å². The van der Waals surface area contributed by atoms with Crippen molar-refractivity contribution in [1.82, 2.24) is 19.9 Å². The summed E-state index contributed by atoms with van der Waals surface area (Å²) in [5, 5.41) is 3.43. The Morgan fingerprint density at radius 1 is 1.24 bits per heavy atom. The summed E-state index contributed by atoms with van der Waals surface area (Å²) in [5.41, 5.74) is 0. The lowest BCUT2D eigenvalue weighted by atomic mass is 9.97. The van der Waals surface area contributed by atoms with Gasteiger partial charge in [-0.2, -0.15) is 15.0 Å². The highest BCUT2D eigenvalue weighted by Crippen LogP contribution is 2.18. The van der Waals surface area contributed by atoms with Gasteiger partial charge in [0.2, 0.25) is 11.2 Å². The number of nitrogens with one attached hydrogen (secondary N) is 1. The summed E-state index contributed by atoms with van der Waals surface area (Å²) in [6.07, 6.45) is 3.32. The van der Waals surface area contributed by atoms with Crippen LogP contribution < -0.4 is 10.1 Å². The average Bonchev–Trinajstić information content (AvgIpc) is 2.51. The minimum absolute atomic E-state index is 0.166. The molecule has 0 saturated carbocycles. The first-order valence-corrected chi connectivity index (χ1v) is 8.09. The Kier molecular flexibility index (Phi) is 6.45. The van der Waals surface area contributed by atoms with Gasteiger partial charge in [-0.25, -0.2) is 0 Å². The van der Waals surface area contributed by atoms with Gasteiger partial charge in [-0.3, -0.25) is 0 Å². The van der Waals surface area contributed by atoms with Crippen LogP contribution in [0.15, 0.2) is 0 Å². The van der Waals surface area contributed by atoms with E-state index in [1.165, 1.54) is 25.9 Å². The van der Waals surface area contributed by atoms with Gasteiger partial charge in [0, 0.05) is 6.54 Å². The summed E-state index contributed by atoms with van der Waals surface area (Å²) in [4.78, 5) is 14.8. The topological polar surface area (TPSA) is 63.2 Å². The lowest BCUT2D eigenvalue weighted by molar-refractivity contribution is 0.198. The number of rotatable bonds is 7. The van der Waals surface area contributed by atoms with Crippen molar-refractivity contribution in [2.45, 2.75) is 33.1 Å². The molecule has 0 aliphatic carbocycles. The molecule has 0 atom stereocenters. The average molecular weight is 314 g/mol. The molecular formula is C14H24ClN5O. The predicted molar refractivity (Wildman–Crippen MR) is 84.0 cm³/mol. The summed E-state index contributed by atoms with van der Waals surface area (Å²) >= 11 is 5.90. The fourth-order valence-electron chi connectivity index (χ4n) is 2.41. The standard InChI is InChI=1S/C14H24ClN5O/c1-3-9-21-14-18-12(15)17-13(19-14)16-10-11-5-7-20(4-2)8-6-11/h11H,3-10H2,1-2H3,(H,16,17,18,19). The van der Waals surface area contributed by atoms with Crippen LogP contribution in [0.25, 0.3) is 0 Å². The van der Waals surface area contributed by atoms with Gasteiger partial charge in [-0.05, 0) is 56.4 Å². The third-order valence-corrected chi connectivity index (χ3v) is 3.90. The van der Waals surface area contributed by atoms with Gasteiger partial charge in [-0.1, -0.05) is 13.8 Å². The quantitative estimate of drug-likeness (QED) is 0.834. The van der Waals surface area contributed by atoms with Crippen LogP contribution in [0.5, 0.6) is 6.01 Å². The number of likely N-dealkylation sites (tertiary alicyclic amines) is 1. The van der Waals surface area contributed by atoms with Gasteiger partial charge in [0.1, 0.15) is 0 Å². The number of hydrogen-bond donors (Lipinski definition) is 1. The van der Waals surface area contributed by atoms with E-state index in [0.717, 1.165) is 19.5 Å². The molecule has 2 heterocycles. The van der Waals surface area contributed by atoms with Crippen molar-refractivity contribution in [3.05, 3.63) is 5.28 Å². The third-order valence-electron chi connectivity index (χ3n) is 3.73. The molecule has 0 aromatic carbocycles. The molecule has 2 rings (SSSR count). The molecule has 1 fully saturated rings. The highest BCUT2D eigenvalue weighted by atomic mass is 35.5. The monoisotopic (exact) mass is 313 g/mol. The minimum atomic E-state index is 0.166. The van der Waals surface area contributed by atoms with Crippen LogP contribution >= 0.6 is 11.6 Å². The fourth-order valence-corrected chi connectivity index (χ4v) is 2.56. The molecule has 0 bridgehead atoms. The maximum absolute atomic E-state index is 5.90. The number of nitrogens with zero attached hydrogens (tertiary/aromatic N) is 4. The maximum Gasteiger partial charge on any atom is 0.322 e. The van der Waals surface area contributed by atoms with Crippen LogP contribution in [0.4, 0.5) is 5.95 Å². The van der Waals surface area contributed by atoms with E-state index in [1.54, 1.807) is 0 Å². The van der Waals surface area contributed by atoms with E-state index in [9.17, 15) is 0 Å². The lowest BCUT2D eigenvalue weighted by Gasteiger charge is -2.31. The zero-order chi connectivity index (χ0) is 15.1. The second-order valence-corrected chi connectivity index (χ2v) is 5.66. The van der Waals surface area contributed by atoms with Crippen molar-refractivity contribution in [3.8, 4) is 6.01 Å². The molecule has 21 heavy (non-hydrogen) atoms. The summed E-state index contributed by atoms with van der Waals surface area (Å²) in [6, 6.07) is 0.292. The molecule has 1 aromatic heterocycles. The second-order valence-electron chi connectivity index (χ2n) is 5.32.